The van der Waals surface area contributed by atoms with Crippen LogP contribution in [0.5, 0.6) is 0 Å². The highest BCUT2D eigenvalue weighted by molar-refractivity contribution is 5.30. The van der Waals surface area contributed by atoms with Crippen molar-refractivity contribution in [3.63, 3.8) is 0 Å². The Morgan fingerprint density at radius 3 is 2.60 bits per heavy atom. The Kier molecular flexibility index (Phi) is 5.65. The van der Waals surface area contributed by atoms with Gasteiger partial charge in [0.1, 0.15) is 0 Å². The molecule has 0 heterocycles. The van der Waals surface area contributed by atoms with Crippen molar-refractivity contribution in [1.82, 2.24) is 5.32 Å². The molecule has 1 aliphatic rings. The lowest BCUT2D eigenvalue weighted by molar-refractivity contribution is 0.348. The van der Waals surface area contributed by atoms with Crippen molar-refractivity contribution in [3.05, 3.63) is 34.9 Å². The number of hydrogen-bond donors (Lipinski definition) is 1. The van der Waals surface area contributed by atoms with Crippen LogP contribution in [0.2, 0.25) is 0 Å². The zero-order chi connectivity index (χ0) is 14.5. The summed E-state index contributed by atoms with van der Waals surface area (Å²) < 4.78 is 0. The van der Waals surface area contributed by atoms with Crippen LogP contribution in [0.25, 0.3) is 0 Å². The van der Waals surface area contributed by atoms with Gasteiger partial charge in [0.05, 0.1) is 0 Å². The molecule has 1 aliphatic carbocycles. The van der Waals surface area contributed by atoms with Gasteiger partial charge in [-0.1, -0.05) is 38.5 Å². The molecule has 0 amide bonds. The van der Waals surface area contributed by atoms with E-state index >= 15 is 0 Å². The van der Waals surface area contributed by atoms with Crippen LogP contribution in [0.1, 0.15) is 56.2 Å². The van der Waals surface area contributed by atoms with E-state index in [4.69, 9.17) is 0 Å². The minimum Gasteiger partial charge on any atom is -0.313 e. The summed E-state index contributed by atoms with van der Waals surface area (Å²) in [7, 11) is 0. The Labute approximate surface area is 125 Å². The Hall–Kier alpha value is -0.820. The van der Waals surface area contributed by atoms with Crippen LogP contribution < -0.4 is 5.32 Å². The molecule has 2 rings (SSSR count). The molecule has 3 unspecified atom stereocenters. The molecule has 1 heteroatoms. The Bertz CT molecular complexity index is 424. The first-order chi connectivity index (χ1) is 9.60. The summed E-state index contributed by atoms with van der Waals surface area (Å²) in [5.74, 6) is 1.80. The Balaban J connectivity index is 2.04. The van der Waals surface area contributed by atoms with Gasteiger partial charge < -0.3 is 5.32 Å². The van der Waals surface area contributed by atoms with Crippen molar-refractivity contribution >= 4 is 0 Å². The van der Waals surface area contributed by atoms with Crippen molar-refractivity contribution in [1.29, 1.82) is 0 Å². The second-order valence-corrected chi connectivity index (χ2v) is 6.86. The molecular formula is C19H31N. The highest BCUT2D eigenvalue weighted by Gasteiger charge is 2.28. The highest BCUT2D eigenvalue weighted by atomic mass is 14.9. The summed E-state index contributed by atoms with van der Waals surface area (Å²) >= 11 is 0. The molecule has 1 aromatic carbocycles. The summed E-state index contributed by atoms with van der Waals surface area (Å²) in [5.41, 5.74) is 4.33. The average Bonchev–Trinajstić information content (AvgIpc) is 2.85. The molecule has 1 N–H and O–H groups in total. The van der Waals surface area contributed by atoms with E-state index in [1.807, 2.05) is 0 Å². The van der Waals surface area contributed by atoms with Crippen LogP contribution in [0.15, 0.2) is 18.2 Å². The third kappa shape index (κ3) is 4.09. The van der Waals surface area contributed by atoms with Crippen molar-refractivity contribution in [3.8, 4) is 0 Å². The lowest BCUT2D eigenvalue weighted by Crippen LogP contribution is -2.37. The van der Waals surface area contributed by atoms with Gasteiger partial charge in [0.15, 0.2) is 0 Å². The molecule has 1 nitrogen and oxygen atoms in total. The lowest BCUT2D eigenvalue weighted by Gasteiger charge is -2.25. The van der Waals surface area contributed by atoms with E-state index in [1.165, 1.54) is 48.8 Å². The molecule has 0 saturated heterocycles. The Morgan fingerprint density at radius 1 is 1.20 bits per heavy atom. The third-order valence-electron chi connectivity index (χ3n) is 4.99. The van der Waals surface area contributed by atoms with E-state index in [1.54, 1.807) is 0 Å². The zero-order valence-corrected chi connectivity index (χ0v) is 13.7. The molecular weight excluding hydrogens is 242 g/mol. The molecule has 3 atom stereocenters. The SMILES string of the molecule is CCCNC(Cc1ccc(C)c(C)c1)C1CCC(C)C1. The van der Waals surface area contributed by atoms with E-state index in [9.17, 15) is 0 Å². The first kappa shape index (κ1) is 15.6. The first-order valence-corrected chi connectivity index (χ1v) is 8.39. The topological polar surface area (TPSA) is 12.0 Å². The van der Waals surface area contributed by atoms with Gasteiger partial charge in [-0.2, -0.15) is 0 Å². The number of rotatable bonds is 6. The number of benzene rings is 1. The van der Waals surface area contributed by atoms with E-state index in [0.717, 1.165) is 18.4 Å². The molecule has 112 valence electrons. The van der Waals surface area contributed by atoms with Crippen molar-refractivity contribution < 1.29 is 0 Å². The number of hydrogen-bond acceptors (Lipinski definition) is 1. The predicted octanol–water partition coefficient (Wildman–Crippen LogP) is 4.65. The molecule has 0 spiro atoms. The average molecular weight is 273 g/mol. The van der Waals surface area contributed by atoms with E-state index in [-0.39, 0.29) is 0 Å². The summed E-state index contributed by atoms with van der Waals surface area (Å²) in [5, 5.41) is 3.81. The fourth-order valence-corrected chi connectivity index (χ4v) is 3.54. The van der Waals surface area contributed by atoms with Crippen LogP contribution in [0, 0.1) is 25.7 Å². The van der Waals surface area contributed by atoms with Crippen molar-refractivity contribution in [2.24, 2.45) is 11.8 Å². The van der Waals surface area contributed by atoms with Crippen LogP contribution in [0.3, 0.4) is 0 Å². The minimum atomic E-state index is 0.669. The van der Waals surface area contributed by atoms with Crippen LogP contribution in [-0.2, 0) is 6.42 Å². The van der Waals surface area contributed by atoms with Crippen molar-refractivity contribution in [2.75, 3.05) is 6.54 Å². The Morgan fingerprint density at radius 2 is 2.00 bits per heavy atom. The molecule has 0 aliphatic heterocycles. The van der Waals surface area contributed by atoms with Crippen LogP contribution in [0.4, 0.5) is 0 Å². The van der Waals surface area contributed by atoms with Gasteiger partial charge in [-0.15, -0.1) is 0 Å². The van der Waals surface area contributed by atoms with Crippen LogP contribution >= 0.6 is 0 Å². The second-order valence-electron chi connectivity index (χ2n) is 6.86. The molecule has 1 saturated carbocycles. The van der Waals surface area contributed by atoms with Gasteiger partial charge in [-0.25, -0.2) is 0 Å². The van der Waals surface area contributed by atoms with Gasteiger partial charge in [0, 0.05) is 6.04 Å². The van der Waals surface area contributed by atoms with Gasteiger partial charge in [0.25, 0.3) is 0 Å². The normalized spacial score (nSPS) is 24.0. The second kappa shape index (κ2) is 7.26. The molecule has 1 fully saturated rings. The number of aryl methyl sites for hydroxylation is 2. The summed E-state index contributed by atoms with van der Waals surface area (Å²) in [6, 6.07) is 7.65. The smallest absolute Gasteiger partial charge is 0.0136 e. The largest absolute Gasteiger partial charge is 0.313 e. The maximum Gasteiger partial charge on any atom is 0.0136 e. The van der Waals surface area contributed by atoms with Crippen LogP contribution in [-0.4, -0.2) is 12.6 Å². The lowest BCUT2D eigenvalue weighted by atomic mass is 9.90. The maximum absolute atomic E-state index is 3.81. The third-order valence-corrected chi connectivity index (χ3v) is 4.99. The fraction of sp³-hybridized carbons (Fsp3) is 0.684. The molecule has 0 radical (unpaired) electrons. The molecule has 20 heavy (non-hydrogen) atoms. The zero-order valence-electron chi connectivity index (χ0n) is 13.7. The van der Waals surface area contributed by atoms with E-state index < -0.39 is 0 Å². The summed E-state index contributed by atoms with van der Waals surface area (Å²) in [6.07, 6.45) is 6.66. The van der Waals surface area contributed by atoms with Gasteiger partial charge >= 0.3 is 0 Å². The number of nitrogens with one attached hydrogen (secondary N) is 1. The first-order valence-electron chi connectivity index (χ1n) is 8.39. The summed E-state index contributed by atoms with van der Waals surface area (Å²) in [6.45, 7) is 10.3. The van der Waals surface area contributed by atoms with Crippen molar-refractivity contribution in [2.45, 2.75) is 65.8 Å². The molecule has 0 bridgehead atoms. The minimum absolute atomic E-state index is 0.669. The summed E-state index contributed by atoms with van der Waals surface area (Å²) in [4.78, 5) is 0. The van der Waals surface area contributed by atoms with Gasteiger partial charge in [0.2, 0.25) is 0 Å². The fourth-order valence-electron chi connectivity index (χ4n) is 3.54. The quantitative estimate of drug-likeness (QED) is 0.795. The van der Waals surface area contributed by atoms with Gasteiger partial charge in [-0.05, 0) is 74.6 Å². The maximum atomic E-state index is 3.81. The van der Waals surface area contributed by atoms with Gasteiger partial charge in [-0.3, -0.25) is 0 Å². The monoisotopic (exact) mass is 273 g/mol. The predicted molar refractivity (Wildman–Crippen MR) is 88.2 cm³/mol. The van der Waals surface area contributed by atoms with E-state index in [0.29, 0.717) is 6.04 Å². The standard InChI is InChI=1S/C19H31N/c1-5-10-20-19(18-9-6-14(2)11-18)13-17-8-7-15(3)16(4)12-17/h7-8,12,14,18-20H,5-6,9-11,13H2,1-4H3. The van der Waals surface area contributed by atoms with E-state index in [2.05, 4.69) is 51.2 Å². The highest BCUT2D eigenvalue weighted by Crippen LogP contribution is 2.33. The molecule has 0 aromatic heterocycles. The molecule has 1 aromatic rings.